The number of aromatic nitrogens is 3. The van der Waals surface area contributed by atoms with Gasteiger partial charge in [0, 0.05) is 5.56 Å². The summed E-state index contributed by atoms with van der Waals surface area (Å²) < 4.78 is 12.7. The van der Waals surface area contributed by atoms with Crippen molar-refractivity contribution in [3.63, 3.8) is 0 Å². The van der Waals surface area contributed by atoms with E-state index in [-0.39, 0.29) is 51.4 Å². The first-order valence-corrected chi connectivity index (χ1v) is 10.9. The lowest BCUT2D eigenvalue weighted by Crippen LogP contribution is -2.21. The molecule has 0 amide bonds. The fourth-order valence-electron chi connectivity index (χ4n) is 3.51. The molecule has 2 heterocycles. The zero-order valence-electron chi connectivity index (χ0n) is 18.8. The number of hydrogen-bond donors (Lipinski definition) is 2. The van der Waals surface area contributed by atoms with Crippen molar-refractivity contribution in [3.05, 3.63) is 91.6 Å². The molecule has 2 aromatic carbocycles. The number of H-pyrrole nitrogens is 1. The zero-order valence-corrected chi connectivity index (χ0v) is 19.5. The van der Waals surface area contributed by atoms with E-state index < -0.39 is 11.1 Å². The molecular formula is C25H17ClN6O4. The number of nitriles is 2. The van der Waals surface area contributed by atoms with E-state index in [1.807, 2.05) is 18.2 Å². The van der Waals surface area contributed by atoms with Gasteiger partial charge < -0.3 is 20.2 Å². The van der Waals surface area contributed by atoms with Gasteiger partial charge in [0.15, 0.2) is 22.3 Å². The Morgan fingerprint density at radius 3 is 2.44 bits per heavy atom. The van der Waals surface area contributed by atoms with Crippen LogP contribution in [0.3, 0.4) is 0 Å². The third kappa shape index (κ3) is 4.37. The number of hydrogen-bond acceptors (Lipinski definition) is 8. The van der Waals surface area contributed by atoms with Crippen LogP contribution in [-0.4, -0.2) is 21.4 Å². The Morgan fingerprint density at radius 2 is 1.78 bits per heavy atom. The maximum absolute atomic E-state index is 12.8. The molecule has 11 heteroatoms. The molecule has 10 nitrogen and oxygen atoms in total. The average Bonchev–Trinajstić information content (AvgIpc) is 2.88. The molecule has 4 rings (SSSR count). The van der Waals surface area contributed by atoms with Gasteiger partial charge in [-0.2, -0.15) is 20.3 Å². The number of ether oxygens (including phenoxy) is 2. The molecule has 3 N–H and O–H groups in total. The quantitative estimate of drug-likeness (QED) is 0.404. The van der Waals surface area contributed by atoms with Crippen LogP contribution in [-0.2, 0) is 0 Å². The molecule has 0 unspecified atom stereocenters. The van der Waals surface area contributed by atoms with Crippen LogP contribution in [0.5, 0.6) is 17.2 Å². The molecule has 178 valence electrons. The lowest BCUT2D eigenvalue weighted by molar-refractivity contribution is 0.321. The van der Waals surface area contributed by atoms with E-state index >= 15 is 0 Å². The lowest BCUT2D eigenvalue weighted by Gasteiger charge is -2.15. The van der Waals surface area contributed by atoms with E-state index in [1.165, 1.54) is 24.4 Å². The molecule has 0 saturated carbocycles. The zero-order chi connectivity index (χ0) is 25.8. The maximum Gasteiger partial charge on any atom is 0.294 e. The Kier molecular flexibility index (Phi) is 6.72. The molecule has 2 aromatic heterocycles. The van der Waals surface area contributed by atoms with Gasteiger partial charge in [0.1, 0.15) is 29.1 Å². The first kappa shape index (κ1) is 24.1. The molecule has 0 aliphatic carbocycles. The van der Waals surface area contributed by atoms with Crippen molar-refractivity contribution in [2.45, 2.75) is 6.92 Å². The topological polar surface area (TPSA) is 160 Å². The van der Waals surface area contributed by atoms with E-state index in [4.69, 9.17) is 26.8 Å². The normalized spacial score (nSPS) is 10.3. The van der Waals surface area contributed by atoms with Gasteiger partial charge in [-0.25, -0.2) is 0 Å². The predicted molar refractivity (Wildman–Crippen MR) is 132 cm³/mol. The van der Waals surface area contributed by atoms with Crippen LogP contribution in [0.1, 0.15) is 18.1 Å². The van der Waals surface area contributed by atoms with Crippen LogP contribution in [0.4, 0.5) is 5.82 Å². The number of nitrogens with one attached hydrogen (secondary N) is 1. The summed E-state index contributed by atoms with van der Waals surface area (Å²) in [4.78, 5) is 27.4. The predicted octanol–water partition coefficient (Wildman–Crippen LogP) is 3.76. The lowest BCUT2D eigenvalue weighted by atomic mass is 9.96. The van der Waals surface area contributed by atoms with Crippen LogP contribution in [0.2, 0.25) is 5.02 Å². The number of nitrogen functional groups attached to an aromatic ring is 1. The Bertz CT molecular complexity index is 1670. The van der Waals surface area contributed by atoms with Crippen LogP contribution in [0.15, 0.2) is 64.3 Å². The Labute approximate surface area is 209 Å². The number of pyridine rings is 1. The van der Waals surface area contributed by atoms with Crippen molar-refractivity contribution in [1.82, 2.24) is 14.8 Å². The first-order valence-electron chi connectivity index (χ1n) is 10.5. The average molecular weight is 501 g/mol. The molecule has 0 saturated heterocycles. The van der Waals surface area contributed by atoms with Gasteiger partial charge in [-0.1, -0.05) is 35.9 Å². The largest absolute Gasteiger partial charge is 0.490 e. The van der Waals surface area contributed by atoms with Gasteiger partial charge in [0.2, 0.25) is 0 Å². The summed E-state index contributed by atoms with van der Waals surface area (Å²) in [6.07, 6.45) is 1.30. The summed E-state index contributed by atoms with van der Waals surface area (Å²) in [5.41, 5.74) is 5.12. The van der Waals surface area contributed by atoms with Crippen LogP contribution < -0.4 is 26.3 Å². The number of anilines is 1. The summed E-state index contributed by atoms with van der Waals surface area (Å²) in [5, 5.41) is 23.1. The fraction of sp³-hybridized carbons (Fsp3) is 0.0800. The Morgan fingerprint density at radius 1 is 1.06 bits per heavy atom. The SMILES string of the molecule is CCOc1cc(-c2c(C#N)c(N)[nH]c(=O)c2C#N)ccc1Oc1cnn(-c2ccccc2)c(=O)c1Cl. The molecule has 0 fully saturated rings. The van der Waals surface area contributed by atoms with Crippen molar-refractivity contribution in [3.8, 4) is 46.2 Å². The number of rotatable bonds is 6. The molecular weight excluding hydrogens is 484 g/mol. The Hall–Kier alpha value is -5.06. The second-order valence-electron chi connectivity index (χ2n) is 7.29. The molecule has 0 atom stereocenters. The summed E-state index contributed by atoms with van der Waals surface area (Å²) in [5.74, 6) is 0.242. The van der Waals surface area contributed by atoms with Crippen LogP contribution in [0, 0.1) is 22.7 Å². The fourth-order valence-corrected chi connectivity index (χ4v) is 3.68. The molecule has 0 aliphatic rings. The minimum atomic E-state index is -0.723. The minimum absolute atomic E-state index is 0.00150. The first-order chi connectivity index (χ1) is 17.4. The van der Waals surface area contributed by atoms with Crippen molar-refractivity contribution >= 4 is 17.4 Å². The third-order valence-electron chi connectivity index (χ3n) is 5.11. The van der Waals surface area contributed by atoms with E-state index in [9.17, 15) is 20.1 Å². The van der Waals surface area contributed by atoms with Crippen molar-refractivity contribution in [1.29, 1.82) is 10.5 Å². The molecule has 0 radical (unpaired) electrons. The highest BCUT2D eigenvalue weighted by Gasteiger charge is 2.21. The molecule has 4 aromatic rings. The summed E-state index contributed by atoms with van der Waals surface area (Å²) in [6, 6.07) is 17.0. The number of nitrogens with two attached hydrogens (primary N) is 1. The molecule has 0 bridgehead atoms. The van der Waals surface area contributed by atoms with Crippen LogP contribution in [0.25, 0.3) is 16.8 Å². The summed E-state index contributed by atoms with van der Waals surface area (Å²) in [7, 11) is 0. The van der Waals surface area contributed by atoms with Gasteiger partial charge in [0.25, 0.3) is 11.1 Å². The highest BCUT2D eigenvalue weighted by atomic mass is 35.5. The second-order valence-corrected chi connectivity index (χ2v) is 7.67. The van der Waals surface area contributed by atoms with Gasteiger partial charge in [0.05, 0.1) is 18.5 Å². The monoisotopic (exact) mass is 500 g/mol. The third-order valence-corrected chi connectivity index (χ3v) is 5.46. The van der Waals surface area contributed by atoms with E-state index in [1.54, 1.807) is 31.2 Å². The maximum atomic E-state index is 12.8. The number of aromatic amines is 1. The van der Waals surface area contributed by atoms with Gasteiger partial charge in [-0.05, 0) is 36.8 Å². The van der Waals surface area contributed by atoms with E-state index in [0.717, 1.165) is 4.68 Å². The molecule has 36 heavy (non-hydrogen) atoms. The van der Waals surface area contributed by atoms with Crippen molar-refractivity contribution in [2.24, 2.45) is 0 Å². The van der Waals surface area contributed by atoms with E-state index in [2.05, 4.69) is 10.1 Å². The summed E-state index contributed by atoms with van der Waals surface area (Å²) >= 11 is 6.31. The van der Waals surface area contributed by atoms with Gasteiger partial charge in [-0.3, -0.25) is 9.59 Å². The standard InChI is InChI=1S/C25H17ClN6O4/c1-2-35-19-10-14(21-16(11-27)23(29)31-24(33)17(21)12-28)8-9-18(19)36-20-13-30-32(25(34)22(20)26)15-6-4-3-5-7-15/h3-10,13H,2H2,1H3,(H3,29,31,33). The second kappa shape index (κ2) is 10.1. The van der Waals surface area contributed by atoms with Crippen LogP contribution >= 0.6 is 11.6 Å². The highest BCUT2D eigenvalue weighted by Crippen LogP contribution is 2.38. The van der Waals surface area contributed by atoms with E-state index in [0.29, 0.717) is 11.3 Å². The summed E-state index contributed by atoms with van der Waals surface area (Å²) in [6.45, 7) is 1.99. The number of halogens is 1. The Balaban J connectivity index is 1.80. The van der Waals surface area contributed by atoms with Crippen molar-refractivity contribution in [2.75, 3.05) is 12.3 Å². The smallest absolute Gasteiger partial charge is 0.294 e. The minimum Gasteiger partial charge on any atom is -0.490 e. The van der Waals surface area contributed by atoms with Gasteiger partial charge >= 0.3 is 0 Å². The highest BCUT2D eigenvalue weighted by molar-refractivity contribution is 6.31. The van der Waals surface area contributed by atoms with Gasteiger partial charge in [-0.15, -0.1) is 0 Å². The number of benzene rings is 2. The van der Waals surface area contributed by atoms with Crippen molar-refractivity contribution < 1.29 is 9.47 Å². The molecule has 0 spiro atoms. The number of para-hydroxylation sites is 1. The number of nitrogens with zero attached hydrogens (tertiary/aromatic N) is 4. The molecule has 0 aliphatic heterocycles.